The number of rotatable bonds is 9. The van der Waals surface area contributed by atoms with Crippen LogP contribution in [0, 0.1) is 0 Å². The molecule has 0 aliphatic rings. The molecule has 0 aromatic heterocycles. The van der Waals surface area contributed by atoms with Crippen LogP contribution in [0.3, 0.4) is 0 Å². The SMILES string of the molecule is CCCCOCC(NCCC)c1ccc2ccccc2c1. The fourth-order valence-corrected chi connectivity index (χ4v) is 2.46. The lowest BCUT2D eigenvalue weighted by Gasteiger charge is -2.19. The van der Waals surface area contributed by atoms with Crippen LogP contribution in [0.15, 0.2) is 42.5 Å². The van der Waals surface area contributed by atoms with Gasteiger partial charge in [0.1, 0.15) is 0 Å². The molecule has 0 heterocycles. The summed E-state index contributed by atoms with van der Waals surface area (Å²) in [5.74, 6) is 0. The Morgan fingerprint density at radius 2 is 1.81 bits per heavy atom. The number of fused-ring (bicyclic) bond motifs is 1. The molecule has 0 spiro atoms. The molecule has 2 aromatic rings. The van der Waals surface area contributed by atoms with Crippen molar-refractivity contribution in [2.24, 2.45) is 0 Å². The Kier molecular flexibility index (Phi) is 6.71. The summed E-state index contributed by atoms with van der Waals surface area (Å²) in [4.78, 5) is 0. The Bertz CT molecular complexity index is 538. The molecule has 0 aliphatic heterocycles. The lowest BCUT2D eigenvalue weighted by Crippen LogP contribution is -2.26. The third kappa shape index (κ3) is 4.83. The summed E-state index contributed by atoms with van der Waals surface area (Å²) in [6.07, 6.45) is 3.46. The van der Waals surface area contributed by atoms with Gasteiger partial charge in [0.05, 0.1) is 12.6 Å². The van der Waals surface area contributed by atoms with E-state index >= 15 is 0 Å². The van der Waals surface area contributed by atoms with Crippen molar-refractivity contribution in [2.45, 2.75) is 39.2 Å². The van der Waals surface area contributed by atoms with Crippen molar-refractivity contribution in [1.29, 1.82) is 0 Å². The molecule has 2 nitrogen and oxygen atoms in total. The van der Waals surface area contributed by atoms with E-state index in [-0.39, 0.29) is 6.04 Å². The molecule has 0 fully saturated rings. The monoisotopic (exact) mass is 285 g/mol. The van der Waals surface area contributed by atoms with E-state index in [9.17, 15) is 0 Å². The number of ether oxygens (including phenoxy) is 1. The van der Waals surface area contributed by atoms with Gasteiger partial charge in [0.2, 0.25) is 0 Å². The minimum Gasteiger partial charge on any atom is -0.379 e. The van der Waals surface area contributed by atoms with Gasteiger partial charge < -0.3 is 10.1 Å². The van der Waals surface area contributed by atoms with Crippen LogP contribution in [-0.2, 0) is 4.74 Å². The largest absolute Gasteiger partial charge is 0.379 e. The van der Waals surface area contributed by atoms with E-state index in [0.717, 1.165) is 32.6 Å². The van der Waals surface area contributed by atoms with Crippen molar-refractivity contribution < 1.29 is 4.74 Å². The van der Waals surface area contributed by atoms with Gasteiger partial charge in [-0.1, -0.05) is 56.7 Å². The molecule has 2 heteroatoms. The lowest BCUT2D eigenvalue weighted by atomic mass is 10.0. The van der Waals surface area contributed by atoms with Gasteiger partial charge in [0.25, 0.3) is 0 Å². The van der Waals surface area contributed by atoms with E-state index in [4.69, 9.17) is 4.74 Å². The molecule has 0 radical (unpaired) electrons. The van der Waals surface area contributed by atoms with Crippen LogP contribution in [-0.4, -0.2) is 19.8 Å². The van der Waals surface area contributed by atoms with E-state index in [1.54, 1.807) is 0 Å². The molecule has 1 N–H and O–H groups in total. The van der Waals surface area contributed by atoms with Gasteiger partial charge in [-0.05, 0) is 41.8 Å². The number of hydrogen-bond donors (Lipinski definition) is 1. The normalized spacial score (nSPS) is 12.7. The number of hydrogen-bond acceptors (Lipinski definition) is 2. The van der Waals surface area contributed by atoms with E-state index in [1.165, 1.54) is 22.8 Å². The van der Waals surface area contributed by atoms with Crippen LogP contribution in [0.4, 0.5) is 0 Å². The van der Waals surface area contributed by atoms with Gasteiger partial charge in [-0.2, -0.15) is 0 Å². The van der Waals surface area contributed by atoms with E-state index in [1.807, 2.05) is 0 Å². The quantitative estimate of drug-likeness (QED) is 0.674. The van der Waals surface area contributed by atoms with Crippen LogP contribution in [0.2, 0.25) is 0 Å². The molecular formula is C19H27NO. The van der Waals surface area contributed by atoms with Crippen LogP contribution >= 0.6 is 0 Å². The molecule has 2 rings (SSSR count). The predicted molar refractivity (Wildman–Crippen MR) is 90.7 cm³/mol. The standard InChI is InChI=1S/C19H27NO/c1-3-5-13-21-15-19(20-12-4-2)18-11-10-16-8-6-7-9-17(16)14-18/h6-11,14,19-20H,3-5,12-13,15H2,1-2H3. The summed E-state index contributed by atoms with van der Waals surface area (Å²) in [6.45, 7) is 7.02. The molecule has 2 aromatic carbocycles. The molecule has 0 amide bonds. The highest BCUT2D eigenvalue weighted by Crippen LogP contribution is 2.21. The Morgan fingerprint density at radius 3 is 2.57 bits per heavy atom. The molecule has 0 saturated carbocycles. The molecule has 0 aliphatic carbocycles. The molecule has 1 unspecified atom stereocenters. The van der Waals surface area contributed by atoms with E-state index in [0.29, 0.717) is 0 Å². The van der Waals surface area contributed by atoms with Gasteiger partial charge in [-0.3, -0.25) is 0 Å². The second-order valence-electron chi connectivity index (χ2n) is 5.54. The molecule has 0 bridgehead atoms. The first kappa shape index (κ1) is 16.0. The zero-order chi connectivity index (χ0) is 14.9. The predicted octanol–water partition coefficient (Wildman–Crippen LogP) is 4.70. The number of benzene rings is 2. The first-order chi connectivity index (χ1) is 10.3. The van der Waals surface area contributed by atoms with Gasteiger partial charge in [0.15, 0.2) is 0 Å². The maximum Gasteiger partial charge on any atom is 0.0661 e. The topological polar surface area (TPSA) is 21.3 Å². The summed E-state index contributed by atoms with van der Waals surface area (Å²) >= 11 is 0. The highest BCUT2D eigenvalue weighted by molar-refractivity contribution is 5.83. The maximum atomic E-state index is 5.84. The lowest BCUT2D eigenvalue weighted by molar-refractivity contribution is 0.109. The van der Waals surface area contributed by atoms with Crippen molar-refractivity contribution in [2.75, 3.05) is 19.8 Å². The minimum atomic E-state index is 0.284. The number of nitrogens with one attached hydrogen (secondary N) is 1. The first-order valence-corrected chi connectivity index (χ1v) is 8.15. The summed E-state index contributed by atoms with van der Waals surface area (Å²) in [5.41, 5.74) is 1.32. The molecule has 0 saturated heterocycles. The third-order valence-electron chi connectivity index (χ3n) is 3.74. The van der Waals surface area contributed by atoms with Crippen LogP contribution < -0.4 is 5.32 Å². The van der Waals surface area contributed by atoms with Crippen molar-refractivity contribution in [3.63, 3.8) is 0 Å². The molecule has 114 valence electrons. The minimum absolute atomic E-state index is 0.284. The third-order valence-corrected chi connectivity index (χ3v) is 3.74. The van der Waals surface area contributed by atoms with E-state index in [2.05, 4.69) is 61.6 Å². The van der Waals surface area contributed by atoms with E-state index < -0.39 is 0 Å². The summed E-state index contributed by atoms with van der Waals surface area (Å²) in [7, 11) is 0. The van der Waals surface area contributed by atoms with Gasteiger partial charge in [-0.25, -0.2) is 0 Å². The van der Waals surface area contributed by atoms with Gasteiger partial charge in [0, 0.05) is 6.61 Å². The summed E-state index contributed by atoms with van der Waals surface area (Å²) in [6, 6.07) is 15.5. The van der Waals surface area contributed by atoms with Crippen molar-refractivity contribution >= 4 is 10.8 Å². The Morgan fingerprint density at radius 1 is 1.00 bits per heavy atom. The Labute approximate surface area is 128 Å². The van der Waals surface area contributed by atoms with Crippen molar-refractivity contribution in [3.8, 4) is 0 Å². The van der Waals surface area contributed by atoms with Crippen LogP contribution in [0.1, 0.15) is 44.7 Å². The van der Waals surface area contributed by atoms with Gasteiger partial charge >= 0.3 is 0 Å². The van der Waals surface area contributed by atoms with Crippen molar-refractivity contribution in [1.82, 2.24) is 5.32 Å². The summed E-state index contributed by atoms with van der Waals surface area (Å²) < 4.78 is 5.84. The molecular weight excluding hydrogens is 258 g/mol. The Hall–Kier alpha value is -1.38. The average Bonchev–Trinajstić information content (AvgIpc) is 2.54. The fourth-order valence-electron chi connectivity index (χ4n) is 2.46. The highest BCUT2D eigenvalue weighted by atomic mass is 16.5. The van der Waals surface area contributed by atoms with Crippen LogP contribution in [0.25, 0.3) is 10.8 Å². The fraction of sp³-hybridized carbons (Fsp3) is 0.474. The molecule has 1 atom stereocenters. The Balaban J connectivity index is 2.08. The van der Waals surface area contributed by atoms with Gasteiger partial charge in [-0.15, -0.1) is 0 Å². The zero-order valence-electron chi connectivity index (χ0n) is 13.3. The summed E-state index contributed by atoms with van der Waals surface area (Å²) in [5, 5.41) is 6.19. The smallest absolute Gasteiger partial charge is 0.0661 e. The second-order valence-corrected chi connectivity index (χ2v) is 5.54. The van der Waals surface area contributed by atoms with Crippen molar-refractivity contribution in [3.05, 3.63) is 48.0 Å². The number of unbranched alkanes of at least 4 members (excludes halogenated alkanes) is 1. The average molecular weight is 285 g/mol. The highest BCUT2D eigenvalue weighted by Gasteiger charge is 2.11. The zero-order valence-corrected chi connectivity index (χ0v) is 13.3. The first-order valence-electron chi connectivity index (χ1n) is 8.15. The maximum absolute atomic E-state index is 5.84. The van der Waals surface area contributed by atoms with Crippen LogP contribution in [0.5, 0.6) is 0 Å². The second kappa shape index (κ2) is 8.81. The molecule has 21 heavy (non-hydrogen) atoms.